The van der Waals surface area contributed by atoms with Crippen LogP contribution in [0.5, 0.6) is 5.75 Å². The van der Waals surface area contributed by atoms with Gasteiger partial charge in [0.1, 0.15) is 5.75 Å². The predicted molar refractivity (Wildman–Crippen MR) is 82.4 cm³/mol. The molecule has 0 aliphatic carbocycles. The number of nitrogens with zero attached hydrogens (tertiary/aromatic N) is 1. The maximum absolute atomic E-state index is 12.6. The minimum atomic E-state index is 0.0332. The lowest BCUT2D eigenvalue weighted by Crippen LogP contribution is -2.29. The molecule has 0 fully saturated rings. The fourth-order valence-electron chi connectivity index (χ4n) is 3.08. The van der Waals surface area contributed by atoms with E-state index in [-0.39, 0.29) is 18.0 Å². The lowest BCUT2D eigenvalue weighted by molar-refractivity contribution is 0.0659. The van der Waals surface area contributed by atoms with Crippen molar-refractivity contribution in [3.8, 4) is 5.75 Å². The third-order valence-corrected chi connectivity index (χ3v) is 4.31. The van der Waals surface area contributed by atoms with Crippen LogP contribution in [-0.4, -0.2) is 17.9 Å². The van der Waals surface area contributed by atoms with Crippen molar-refractivity contribution in [2.75, 3.05) is 7.11 Å². The standard InChI is InChI=1S/C18H19NO2/c1-12(14-8-10-15(21-3)11-9-14)19-13(2)16-6-4-5-7-17(16)18(19)20/h4-13H,1-3H3/t12-,13?/m1/s1. The van der Waals surface area contributed by atoms with Crippen LogP contribution in [0.1, 0.15) is 47.4 Å². The summed E-state index contributed by atoms with van der Waals surface area (Å²) in [5.74, 6) is 0.941. The van der Waals surface area contributed by atoms with E-state index in [2.05, 4.69) is 13.8 Å². The van der Waals surface area contributed by atoms with E-state index in [0.29, 0.717) is 0 Å². The number of ether oxygens (including phenoxy) is 1. The average Bonchev–Trinajstić information content (AvgIpc) is 2.79. The highest BCUT2D eigenvalue weighted by atomic mass is 16.5. The summed E-state index contributed by atoms with van der Waals surface area (Å²) in [4.78, 5) is 14.6. The second-order valence-electron chi connectivity index (χ2n) is 5.42. The van der Waals surface area contributed by atoms with Gasteiger partial charge in [-0.2, -0.15) is 0 Å². The quantitative estimate of drug-likeness (QED) is 0.852. The third-order valence-electron chi connectivity index (χ3n) is 4.31. The largest absolute Gasteiger partial charge is 0.497 e. The Bertz CT molecular complexity index is 663. The molecule has 0 bridgehead atoms. The van der Waals surface area contributed by atoms with E-state index in [1.54, 1.807) is 7.11 Å². The van der Waals surface area contributed by atoms with E-state index in [1.165, 1.54) is 0 Å². The Morgan fingerprint density at radius 3 is 2.38 bits per heavy atom. The van der Waals surface area contributed by atoms with Gasteiger partial charge >= 0.3 is 0 Å². The molecule has 21 heavy (non-hydrogen) atoms. The first-order valence-electron chi connectivity index (χ1n) is 7.19. The van der Waals surface area contributed by atoms with Crippen molar-refractivity contribution in [3.05, 3.63) is 65.2 Å². The molecule has 1 aliphatic rings. The van der Waals surface area contributed by atoms with E-state index in [9.17, 15) is 4.79 Å². The van der Waals surface area contributed by atoms with Gasteiger partial charge in [0, 0.05) is 5.56 Å². The van der Waals surface area contributed by atoms with Gasteiger partial charge in [0.05, 0.1) is 19.2 Å². The first-order chi connectivity index (χ1) is 10.1. The monoisotopic (exact) mass is 281 g/mol. The zero-order valence-corrected chi connectivity index (χ0v) is 12.5. The van der Waals surface area contributed by atoms with Crippen LogP contribution in [0.15, 0.2) is 48.5 Å². The lowest BCUT2D eigenvalue weighted by atomic mass is 10.0. The molecule has 2 atom stereocenters. The Kier molecular flexibility index (Phi) is 3.42. The van der Waals surface area contributed by atoms with Gasteiger partial charge in [0.25, 0.3) is 5.91 Å². The number of hydrogen-bond donors (Lipinski definition) is 0. The molecule has 3 nitrogen and oxygen atoms in total. The highest BCUT2D eigenvalue weighted by Crippen LogP contribution is 2.39. The lowest BCUT2D eigenvalue weighted by Gasteiger charge is -2.29. The molecule has 3 heteroatoms. The molecular formula is C18H19NO2. The number of carbonyl (C=O) groups excluding carboxylic acids is 1. The van der Waals surface area contributed by atoms with Crippen LogP contribution >= 0.6 is 0 Å². The second kappa shape index (κ2) is 5.24. The minimum Gasteiger partial charge on any atom is -0.497 e. The number of carbonyl (C=O) groups is 1. The number of benzene rings is 2. The molecule has 2 aromatic rings. The molecule has 2 aromatic carbocycles. The van der Waals surface area contributed by atoms with Crippen molar-refractivity contribution in [1.29, 1.82) is 0 Å². The Morgan fingerprint density at radius 1 is 1.10 bits per heavy atom. The summed E-state index contributed by atoms with van der Waals surface area (Å²) in [6.07, 6.45) is 0. The van der Waals surface area contributed by atoms with E-state index in [4.69, 9.17) is 4.74 Å². The fourth-order valence-corrected chi connectivity index (χ4v) is 3.08. The van der Waals surface area contributed by atoms with Gasteiger partial charge in [-0.05, 0) is 43.2 Å². The summed E-state index contributed by atoms with van der Waals surface area (Å²) < 4.78 is 5.19. The molecule has 1 heterocycles. The molecular weight excluding hydrogens is 262 g/mol. The summed E-state index contributed by atoms with van der Waals surface area (Å²) in [7, 11) is 1.65. The van der Waals surface area contributed by atoms with Gasteiger partial charge in [-0.3, -0.25) is 4.79 Å². The fraction of sp³-hybridized carbons (Fsp3) is 0.278. The number of fused-ring (bicyclic) bond motifs is 1. The van der Waals surface area contributed by atoms with Crippen LogP contribution in [0.2, 0.25) is 0 Å². The van der Waals surface area contributed by atoms with Crippen molar-refractivity contribution < 1.29 is 9.53 Å². The summed E-state index contributed by atoms with van der Waals surface area (Å²) in [6.45, 7) is 4.16. The Morgan fingerprint density at radius 2 is 1.76 bits per heavy atom. The van der Waals surface area contributed by atoms with Crippen molar-refractivity contribution >= 4 is 5.91 Å². The van der Waals surface area contributed by atoms with Crippen LogP contribution in [0.4, 0.5) is 0 Å². The number of methoxy groups -OCH3 is 1. The van der Waals surface area contributed by atoms with E-state index < -0.39 is 0 Å². The summed E-state index contributed by atoms with van der Waals surface area (Å²) in [6, 6.07) is 15.9. The summed E-state index contributed by atoms with van der Waals surface area (Å²) in [5, 5.41) is 0. The van der Waals surface area contributed by atoms with Gasteiger partial charge in [0.15, 0.2) is 0 Å². The Hall–Kier alpha value is -2.29. The first kappa shape index (κ1) is 13.7. The molecule has 0 N–H and O–H groups in total. The van der Waals surface area contributed by atoms with E-state index in [0.717, 1.165) is 22.4 Å². The maximum Gasteiger partial charge on any atom is 0.255 e. The molecule has 0 aromatic heterocycles. The second-order valence-corrected chi connectivity index (χ2v) is 5.42. The molecule has 0 radical (unpaired) electrons. The van der Waals surface area contributed by atoms with Crippen molar-refractivity contribution in [3.63, 3.8) is 0 Å². The van der Waals surface area contributed by atoms with Gasteiger partial charge in [-0.25, -0.2) is 0 Å². The molecule has 1 amide bonds. The zero-order chi connectivity index (χ0) is 15.0. The zero-order valence-electron chi connectivity index (χ0n) is 12.5. The Labute approximate surface area is 125 Å². The van der Waals surface area contributed by atoms with Gasteiger partial charge < -0.3 is 9.64 Å². The molecule has 0 saturated carbocycles. The molecule has 3 rings (SSSR count). The van der Waals surface area contributed by atoms with Gasteiger partial charge in [-0.1, -0.05) is 30.3 Å². The predicted octanol–water partition coefficient (Wildman–Crippen LogP) is 3.97. The smallest absolute Gasteiger partial charge is 0.255 e. The molecule has 1 unspecified atom stereocenters. The third kappa shape index (κ3) is 2.19. The minimum absolute atomic E-state index is 0.0332. The van der Waals surface area contributed by atoms with Crippen molar-refractivity contribution in [1.82, 2.24) is 4.90 Å². The summed E-state index contributed by atoms with van der Waals surface area (Å²) >= 11 is 0. The van der Waals surface area contributed by atoms with Crippen molar-refractivity contribution in [2.45, 2.75) is 25.9 Å². The van der Waals surface area contributed by atoms with Crippen LogP contribution < -0.4 is 4.74 Å². The average molecular weight is 281 g/mol. The Balaban J connectivity index is 1.92. The van der Waals surface area contributed by atoms with Gasteiger partial charge in [-0.15, -0.1) is 0 Å². The topological polar surface area (TPSA) is 29.5 Å². The normalized spacial score (nSPS) is 18.5. The first-order valence-corrected chi connectivity index (χ1v) is 7.19. The SMILES string of the molecule is COc1ccc([C@@H](C)N2C(=O)c3ccccc3C2C)cc1. The number of amides is 1. The molecule has 0 saturated heterocycles. The van der Waals surface area contributed by atoms with Gasteiger partial charge in [0.2, 0.25) is 0 Å². The van der Waals surface area contributed by atoms with Crippen LogP contribution in [0.3, 0.4) is 0 Å². The van der Waals surface area contributed by atoms with Crippen molar-refractivity contribution in [2.24, 2.45) is 0 Å². The highest BCUT2D eigenvalue weighted by Gasteiger charge is 2.36. The molecule has 1 aliphatic heterocycles. The molecule has 108 valence electrons. The highest BCUT2D eigenvalue weighted by molar-refractivity contribution is 5.99. The van der Waals surface area contributed by atoms with Crippen LogP contribution in [-0.2, 0) is 0 Å². The van der Waals surface area contributed by atoms with E-state index >= 15 is 0 Å². The van der Waals surface area contributed by atoms with E-state index in [1.807, 2.05) is 53.4 Å². The molecule has 0 spiro atoms. The maximum atomic E-state index is 12.6. The van der Waals surface area contributed by atoms with Crippen LogP contribution in [0, 0.1) is 0 Å². The number of rotatable bonds is 3. The number of hydrogen-bond acceptors (Lipinski definition) is 2. The summed E-state index contributed by atoms with van der Waals surface area (Å²) in [5.41, 5.74) is 3.05. The van der Waals surface area contributed by atoms with Crippen LogP contribution in [0.25, 0.3) is 0 Å².